The topological polar surface area (TPSA) is 85.8 Å². The lowest BCUT2D eigenvalue weighted by atomic mass is 10.2. The van der Waals surface area contributed by atoms with E-state index in [0.29, 0.717) is 17.4 Å². The molecule has 2 aromatic rings. The standard InChI is InChI=1S/C13H19N5O2/c1-7(2)18-6-14-17-12(18)9(4)16-13(19)11-8(3)15-10(5)20-11/h6-7,9H,1-5H3,(H,16,19)/t9-/m1/s1. The molecule has 0 radical (unpaired) electrons. The second-order valence-corrected chi connectivity index (χ2v) is 5.03. The molecule has 1 atom stereocenters. The first-order valence-electron chi connectivity index (χ1n) is 6.54. The van der Waals surface area contributed by atoms with Crippen LogP contribution < -0.4 is 5.32 Å². The summed E-state index contributed by atoms with van der Waals surface area (Å²) in [5, 5.41) is 10.8. The van der Waals surface area contributed by atoms with Crippen LogP contribution >= 0.6 is 0 Å². The van der Waals surface area contributed by atoms with E-state index in [1.54, 1.807) is 20.2 Å². The van der Waals surface area contributed by atoms with E-state index in [4.69, 9.17) is 4.42 Å². The molecule has 20 heavy (non-hydrogen) atoms. The molecule has 108 valence electrons. The van der Waals surface area contributed by atoms with Crippen LogP contribution in [0, 0.1) is 13.8 Å². The average molecular weight is 277 g/mol. The summed E-state index contributed by atoms with van der Waals surface area (Å²) in [5.74, 6) is 1.13. The maximum absolute atomic E-state index is 12.2. The fraction of sp³-hybridized carbons (Fsp3) is 0.538. The molecule has 0 aliphatic carbocycles. The molecule has 2 heterocycles. The van der Waals surface area contributed by atoms with E-state index in [1.807, 2.05) is 25.3 Å². The molecule has 0 aliphatic rings. The van der Waals surface area contributed by atoms with Gasteiger partial charge in [0.1, 0.15) is 6.33 Å². The molecule has 0 saturated carbocycles. The molecule has 2 aromatic heterocycles. The van der Waals surface area contributed by atoms with Gasteiger partial charge in [-0.2, -0.15) is 0 Å². The van der Waals surface area contributed by atoms with Crippen molar-refractivity contribution in [2.24, 2.45) is 0 Å². The van der Waals surface area contributed by atoms with Crippen LogP contribution in [0.3, 0.4) is 0 Å². The number of rotatable bonds is 4. The monoisotopic (exact) mass is 277 g/mol. The Balaban J connectivity index is 2.15. The van der Waals surface area contributed by atoms with Crippen molar-refractivity contribution in [2.75, 3.05) is 0 Å². The van der Waals surface area contributed by atoms with Gasteiger partial charge in [-0.3, -0.25) is 4.79 Å². The predicted molar refractivity (Wildman–Crippen MR) is 72.3 cm³/mol. The molecule has 0 unspecified atom stereocenters. The molecular formula is C13H19N5O2. The van der Waals surface area contributed by atoms with E-state index in [1.165, 1.54) is 0 Å². The lowest BCUT2D eigenvalue weighted by Gasteiger charge is -2.16. The summed E-state index contributed by atoms with van der Waals surface area (Å²) in [4.78, 5) is 16.3. The van der Waals surface area contributed by atoms with Crippen LogP contribution in [-0.4, -0.2) is 25.7 Å². The number of carbonyl (C=O) groups excluding carboxylic acids is 1. The number of carbonyl (C=O) groups is 1. The van der Waals surface area contributed by atoms with Crippen LogP contribution in [0.2, 0.25) is 0 Å². The van der Waals surface area contributed by atoms with Gasteiger partial charge in [0.25, 0.3) is 5.91 Å². The van der Waals surface area contributed by atoms with Crippen molar-refractivity contribution in [1.29, 1.82) is 0 Å². The zero-order valence-corrected chi connectivity index (χ0v) is 12.3. The SMILES string of the molecule is Cc1nc(C)c(C(=O)N[C@H](C)c2nncn2C(C)C)o1. The van der Waals surface area contributed by atoms with E-state index >= 15 is 0 Å². The molecule has 7 nitrogen and oxygen atoms in total. The highest BCUT2D eigenvalue weighted by Gasteiger charge is 2.21. The lowest BCUT2D eigenvalue weighted by Crippen LogP contribution is -2.29. The van der Waals surface area contributed by atoms with E-state index in [-0.39, 0.29) is 23.8 Å². The Bertz CT molecular complexity index is 614. The van der Waals surface area contributed by atoms with Gasteiger partial charge in [-0.1, -0.05) is 0 Å². The highest BCUT2D eigenvalue weighted by Crippen LogP contribution is 2.16. The zero-order valence-electron chi connectivity index (χ0n) is 12.3. The van der Waals surface area contributed by atoms with Gasteiger partial charge in [-0.15, -0.1) is 10.2 Å². The third-order valence-electron chi connectivity index (χ3n) is 3.00. The fourth-order valence-corrected chi connectivity index (χ4v) is 2.03. The summed E-state index contributed by atoms with van der Waals surface area (Å²) in [6, 6.07) is -0.0363. The van der Waals surface area contributed by atoms with Crippen molar-refractivity contribution in [3.05, 3.63) is 29.5 Å². The Hall–Kier alpha value is -2.18. The van der Waals surface area contributed by atoms with E-state index in [0.717, 1.165) is 0 Å². The van der Waals surface area contributed by atoms with Gasteiger partial charge in [0.2, 0.25) is 5.76 Å². The smallest absolute Gasteiger partial charge is 0.289 e. The maximum Gasteiger partial charge on any atom is 0.289 e. The Kier molecular flexibility index (Phi) is 3.87. The molecule has 0 spiro atoms. The van der Waals surface area contributed by atoms with Gasteiger partial charge in [-0.25, -0.2) is 4.98 Å². The predicted octanol–water partition coefficient (Wildman–Crippen LogP) is 1.95. The maximum atomic E-state index is 12.2. The van der Waals surface area contributed by atoms with Gasteiger partial charge >= 0.3 is 0 Å². The highest BCUT2D eigenvalue weighted by atomic mass is 16.4. The van der Waals surface area contributed by atoms with Crippen LogP contribution in [0.25, 0.3) is 0 Å². The lowest BCUT2D eigenvalue weighted by molar-refractivity contribution is 0.0907. The Morgan fingerprint density at radius 2 is 2.05 bits per heavy atom. The molecule has 0 saturated heterocycles. The molecule has 7 heteroatoms. The van der Waals surface area contributed by atoms with Crippen LogP contribution in [0.5, 0.6) is 0 Å². The highest BCUT2D eigenvalue weighted by molar-refractivity contribution is 5.92. The number of hydrogen-bond donors (Lipinski definition) is 1. The number of nitrogens with zero attached hydrogens (tertiary/aromatic N) is 4. The average Bonchev–Trinajstić information content (AvgIpc) is 2.95. The van der Waals surface area contributed by atoms with Crippen LogP contribution in [0.4, 0.5) is 0 Å². The van der Waals surface area contributed by atoms with E-state index < -0.39 is 0 Å². The summed E-state index contributed by atoms with van der Waals surface area (Å²) in [6.45, 7) is 9.38. The minimum Gasteiger partial charge on any atom is -0.436 e. The second kappa shape index (κ2) is 5.44. The van der Waals surface area contributed by atoms with Crippen molar-refractivity contribution < 1.29 is 9.21 Å². The van der Waals surface area contributed by atoms with E-state index in [2.05, 4.69) is 20.5 Å². The van der Waals surface area contributed by atoms with Gasteiger partial charge in [0.05, 0.1) is 11.7 Å². The number of aryl methyl sites for hydroxylation is 2. The van der Waals surface area contributed by atoms with Crippen molar-refractivity contribution in [1.82, 2.24) is 25.1 Å². The van der Waals surface area contributed by atoms with Crippen molar-refractivity contribution in [2.45, 2.75) is 46.7 Å². The summed E-state index contributed by atoms with van der Waals surface area (Å²) < 4.78 is 7.23. The zero-order chi connectivity index (χ0) is 14.9. The minimum atomic E-state index is -0.297. The molecule has 2 rings (SSSR count). The summed E-state index contributed by atoms with van der Waals surface area (Å²) in [6.07, 6.45) is 1.66. The molecule has 1 N–H and O–H groups in total. The number of aromatic nitrogens is 4. The van der Waals surface area contributed by atoms with Crippen LogP contribution in [0.15, 0.2) is 10.7 Å². The van der Waals surface area contributed by atoms with E-state index in [9.17, 15) is 4.79 Å². The first-order chi connectivity index (χ1) is 9.40. The summed E-state index contributed by atoms with van der Waals surface area (Å²) in [7, 11) is 0. The third kappa shape index (κ3) is 2.71. The molecule has 0 fully saturated rings. The quantitative estimate of drug-likeness (QED) is 0.923. The molecule has 0 bridgehead atoms. The first kappa shape index (κ1) is 14.2. The molecular weight excluding hydrogens is 258 g/mol. The van der Waals surface area contributed by atoms with Gasteiger partial charge in [0.15, 0.2) is 11.7 Å². The Labute approximate surface area is 117 Å². The number of hydrogen-bond acceptors (Lipinski definition) is 5. The van der Waals surface area contributed by atoms with Gasteiger partial charge < -0.3 is 14.3 Å². The molecule has 0 aromatic carbocycles. The Morgan fingerprint density at radius 1 is 1.35 bits per heavy atom. The first-order valence-corrected chi connectivity index (χ1v) is 6.54. The summed E-state index contributed by atoms with van der Waals surface area (Å²) >= 11 is 0. The Morgan fingerprint density at radius 3 is 2.60 bits per heavy atom. The summed E-state index contributed by atoms with van der Waals surface area (Å²) in [5.41, 5.74) is 0.581. The van der Waals surface area contributed by atoms with Crippen LogP contribution in [0.1, 0.15) is 60.8 Å². The van der Waals surface area contributed by atoms with Crippen LogP contribution in [-0.2, 0) is 0 Å². The molecule has 1 amide bonds. The third-order valence-corrected chi connectivity index (χ3v) is 3.00. The second-order valence-electron chi connectivity index (χ2n) is 5.03. The van der Waals surface area contributed by atoms with Crippen molar-refractivity contribution >= 4 is 5.91 Å². The number of amides is 1. The fourth-order valence-electron chi connectivity index (χ4n) is 2.03. The molecule has 0 aliphatic heterocycles. The van der Waals surface area contributed by atoms with Crippen molar-refractivity contribution in [3.63, 3.8) is 0 Å². The van der Waals surface area contributed by atoms with Gasteiger partial charge in [-0.05, 0) is 27.7 Å². The number of nitrogens with one attached hydrogen (secondary N) is 1. The van der Waals surface area contributed by atoms with Crippen molar-refractivity contribution in [3.8, 4) is 0 Å². The minimum absolute atomic E-state index is 0.230. The largest absolute Gasteiger partial charge is 0.436 e. The normalized spacial score (nSPS) is 12.7. The number of oxazole rings is 1. The van der Waals surface area contributed by atoms with Gasteiger partial charge in [0, 0.05) is 13.0 Å².